The van der Waals surface area contributed by atoms with Gasteiger partial charge in [0.05, 0.1) is 15.6 Å². The Bertz CT molecular complexity index is 571. The van der Waals surface area contributed by atoms with Gasteiger partial charge in [-0.05, 0) is 61.2 Å². The van der Waals surface area contributed by atoms with Gasteiger partial charge in [0.1, 0.15) is 6.20 Å². The number of aromatic nitrogens is 2. The second kappa shape index (κ2) is 4.02. The zero-order valence-electron chi connectivity index (χ0n) is 11.5. The Morgan fingerprint density at radius 2 is 1.57 bits per heavy atom. The summed E-state index contributed by atoms with van der Waals surface area (Å²) in [6.07, 6.45) is 7.87. The predicted octanol–water partition coefficient (Wildman–Crippen LogP) is 2.62. The van der Waals surface area contributed by atoms with Crippen LogP contribution in [0, 0.1) is 38.0 Å². The Balaban J connectivity index is 1.78. The fraction of sp³-hybridized carbons (Fsp3) is 0.769. The summed E-state index contributed by atoms with van der Waals surface area (Å²) < 4.78 is 1.56. The van der Waals surface area contributed by atoms with Crippen LogP contribution < -0.4 is 0 Å². The Kier molecular flexibility index (Phi) is 2.44. The molecule has 8 heteroatoms. The molecule has 4 aliphatic rings. The quantitative estimate of drug-likeness (QED) is 0.629. The highest BCUT2D eigenvalue weighted by atomic mass is 16.6. The van der Waals surface area contributed by atoms with E-state index >= 15 is 0 Å². The van der Waals surface area contributed by atoms with Gasteiger partial charge >= 0.3 is 11.5 Å². The molecule has 5 rings (SSSR count). The molecule has 4 aliphatic carbocycles. The SMILES string of the molecule is O=[N+]([O-])c1cn(C23CC4CC(CC(C4)C2)C3)nc1[N+](=O)[O-]. The van der Waals surface area contributed by atoms with E-state index in [1.54, 1.807) is 4.68 Å². The normalized spacial score (nSPS) is 36.9. The Morgan fingerprint density at radius 1 is 1.05 bits per heavy atom. The van der Waals surface area contributed by atoms with E-state index < -0.39 is 21.4 Å². The van der Waals surface area contributed by atoms with Crippen LogP contribution in [0.1, 0.15) is 38.5 Å². The van der Waals surface area contributed by atoms with E-state index in [9.17, 15) is 20.2 Å². The third-order valence-corrected chi connectivity index (χ3v) is 5.54. The summed E-state index contributed by atoms with van der Waals surface area (Å²) in [5.41, 5.74) is -0.718. The highest BCUT2D eigenvalue weighted by Gasteiger charge is 2.54. The van der Waals surface area contributed by atoms with Gasteiger partial charge in [0.25, 0.3) is 0 Å². The molecule has 4 bridgehead atoms. The molecule has 0 aliphatic heterocycles. The Morgan fingerprint density at radius 3 is 1.95 bits per heavy atom. The molecule has 1 aromatic rings. The van der Waals surface area contributed by atoms with Crippen molar-refractivity contribution in [3.63, 3.8) is 0 Å². The van der Waals surface area contributed by atoms with Gasteiger partial charge in [-0.2, -0.15) is 4.68 Å². The summed E-state index contributed by atoms with van der Waals surface area (Å²) in [5.74, 6) is 1.33. The van der Waals surface area contributed by atoms with Crippen molar-refractivity contribution in [1.29, 1.82) is 0 Å². The highest BCUT2D eigenvalue weighted by Crippen LogP contribution is 2.58. The summed E-state index contributed by atoms with van der Waals surface area (Å²) >= 11 is 0. The van der Waals surface area contributed by atoms with Crippen molar-refractivity contribution in [1.82, 2.24) is 9.78 Å². The molecule has 0 atom stereocenters. The summed E-state index contributed by atoms with van der Waals surface area (Å²) in [5, 5.41) is 26.0. The second-order valence-electron chi connectivity index (χ2n) is 6.94. The minimum Gasteiger partial charge on any atom is -0.358 e. The molecule has 8 nitrogen and oxygen atoms in total. The van der Waals surface area contributed by atoms with Gasteiger partial charge in [0.15, 0.2) is 0 Å². The molecule has 1 aromatic heterocycles. The minimum atomic E-state index is -0.755. The molecule has 0 saturated heterocycles. The van der Waals surface area contributed by atoms with E-state index in [1.807, 2.05) is 0 Å². The molecule has 0 unspecified atom stereocenters. The summed E-state index contributed by atoms with van der Waals surface area (Å²) in [6.45, 7) is 0. The average molecular weight is 292 g/mol. The van der Waals surface area contributed by atoms with Crippen LogP contribution in [0.2, 0.25) is 0 Å². The molecule has 1 heterocycles. The summed E-state index contributed by atoms with van der Waals surface area (Å²) in [7, 11) is 0. The predicted molar refractivity (Wildman–Crippen MR) is 71.7 cm³/mol. The second-order valence-corrected chi connectivity index (χ2v) is 6.94. The van der Waals surface area contributed by atoms with Gasteiger partial charge in [-0.3, -0.25) is 10.1 Å². The van der Waals surface area contributed by atoms with Gasteiger partial charge in [-0.25, -0.2) is 0 Å². The van der Waals surface area contributed by atoms with E-state index in [0.29, 0.717) is 17.8 Å². The molecule has 0 radical (unpaired) electrons. The van der Waals surface area contributed by atoms with E-state index in [4.69, 9.17) is 0 Å². The zero-order valence-corrected chi connectivity index (χ0v) is 11.5. The molecule has 0 N–H and O–H groups in total. The van der Waals surface area contributed by atoms with Crippen LogP contribution in [0.25, 0.3) is 0 Å². The van der Waals surface area contributed by atoms with Crippen molar-refractivity contribution < 1.29 is 9.85 Å². The van der Waals surface area contributed by atoms with Crippen molar-refractivity contribution in [3.8, 4) is 0 Å². The van der Waals surface area contributed by atoms with Crippen LogP contribution in [-0.2, 0) is 5.54 Å². The molecule has 0 spiro atoms. The van der Waals surface area contributed by atoms with Crippen LogP contribution >= 0.6 is 0 Å². The molecular formula is C13H16N4O4. The number of hydrogen-bond donors (Lipinski definition) is 0. The standard InChI is InChI=1S/C13H16N4O4/c18-16(19)11-7-15(14-12(11)17(20)21)13-4-8-1-9(5-13)3-10(2-8)6-13/h7-10H,1-6H2. The van der Waals surface area contributed by atoms with E-state index in [2.05, 4.69) is 5.10 Å². The lowest BCUT2D eigenvalue weighted by Crippen LogP contribution is -2.52. The summed E-state index contributed by atoms with van der Waals surface area (Å²) in [4.78, 5) is 20.5. The first-order valence-electron chi connectivity index (χ1n) is 7.36. The monoisotopic (exact) mass is 292 g/mol. The molecule has 112 valence electrons. The van der Waals surface area contributed by atoms with Crippen LogP contribution in [0.4, 0.5) is 11.5 Å². The van der Waals surface area contributed by atoms with Gasteiger partial charge in [0, 0.05) is 0 Å². The third kappa shape index (κ3) is 1.77. The van der Waals surface area contributed by atoms with Crippen LogP contribution in [0.15, 0.2) is 6.20 Å². The lowest BCUT2D eigenvalue weighted by molar-refractivity contribution is -0.424. The Hall–Kier alpha value is -1.99. The molecule has 4 saturated carbocycles. The smallest absolute Gasteiger partial charge is 0.358 e. The first-order valence-corrected chi connectivity index (χ1v) is 7.36. The highest BCUT2D eigenvalue weighted by molar-refractivity contribution is 5.44. The number of nitrogens with zero attached hydrogens (tertiary/aromatic N) is 4. The molecule has 21 heavy (non-hydrogen) atoms. The van der Waals surface area contributed by atoms with Gasteiger partial charge in [0.2, 0.25) is 0 Å². The maximum absolute atomic E-state index is 11.0. The fourth-order valence-electron chi connectivity index (χ4n) is 5.20. The van der Waals surface area contributed by atoms with E-state index in [-0.39, 0.29) is 5.54 Å². The van der Waals surface area contributed by atoms with Gasteiger partial charge < -0.3 is 10.1 Å². The lowest BCUT2D eigenvalue weighted by Gasteiger charge is -2.55. The first kappa shape index (κ1) is 12.7. The van der Waals surface area contributed by atoms with Crippen molar-refractivity contribution in [2.75, 3.05) is 0 Å². The van der Waals surface area contributed by atoms with E-state index in [1.165, 1.54) is 25.5 Å². The van der Waals surface area contributed by atoms with Crippen molar-refractivity contribution >= 4 is 11.5 Å². The maximum atomic E-state index is 11.0. The topological polar surface area (TPSA) is 104 Å². The van der Waals surface area contributed by atoms with E-state index in [0.717, 1.165) is 19.3 Å². The third-order valence-electron chi connectivity index (χ3n) is 5.54. The van der Waals surface area contributed by atoms with Crippen LogP contribution in [-0.4, -0.2) is 19.6 Å². The van der Waals surface area contributed by atoms with Gasteiger partial charge in [-0.1, -0.05) is 0 Å². The molecule has 4 fully saturated rings. The van der Waals surface area contributed by atoms with Crippen LogP contribution in [0.3, 0.4) is 0 Å². The first-order chi connectivity index (χ1) is 9.97. The molecule has 0 amide bonds. The van der Waals surface area contributed by atoms with Crippen molar-refractivity contribution in [2.45, 2.75) is 44.1 Å². The minimum absolute atomic E-state index is 0.228. The largest absolute Gasteiger partial charge is 0.467 e. The van der Waals surface area contributed by atoms with Crippen molar-refractivity contribution in [3.05, 3.63) is 26.4 Å². The maximum Gasteiger partial charge on any atom is 0.467 e. The summed E-state index contributed by atoms with van der Waals surface area (Å²) in [6, 6.07) is 0. The lowest BCUT2D eigenvalue weighted by atomic mass is 9.53. The Labute approximate surface area is 120 Å². The molecule has 0 aromatic carbocycles. The number of rotatable bonds is 3. The zero-order chi connectivity index (χ0) is 14.8. The number of nitro groups is 2. The van der Waals surface area contributed by atoms with Crippen molar-refractivity contribution in [2.24, 2.45) is 17.8 Å². The average Bonchev–Trinajstić information content (AvgIpc) is 2.82. The fourth-order valence-corrected chi connectivity index (χ4v) is 5.20. The molecular weight excluding hydrogens is 276 g/mol. The van der Waals surface area contributed by atoms with Gasteiger partial charge in [-0.15, -0.1) is 0 Å². The van der Waals surface area contributed by atoms with Crippen LogP contribution in [0.5, 0.6) is 0 Å². The number of hydrogen-bond acceptors (Lipinski definition) is 5.